The summed E-state index contributed by atoms with van der Waals surface area (Å²) in [6.07, 6.45) is 0.818. The van der Waals surface area contributed by atoms with Gasteiger partial charge in [0.15, 0.2) is 12.4 Å². The standard InChI is InChI=1S/C19H18FN3O5S/c1-11-8-15(22-28-11)21-16(24)9-27-18(26)14-10-29-19(7-6-17(25)23(14)19)12-2-4-13(20)5-3-12/h2-5,8,14H,6-7,9-10H2,1H3,(H,21,22,24)/t14-,19+/m1/s1. The number of carbonyl (C=O) groups is 3. The van der Waals surface area contributed by atoms with Crippen molar-refractivity contribution in [2.45, 2.75) is 30.7 Å². The third kappa shape index (κ3) is 3.59. The second kappa shape index (κ2) is 7.51. The Labute approximate surface area is 169 Å². The number of benzene rings is 1. The number of halogens is 1. The van der Waals surface area contributed by atoms with E-state index in [-0.39, 0.29) is 17.5 Å². The van der Waals surface area contributed by atoms with E-state index in [0.717, 1.165) is 5.56 Å². The monoisotopic (exact) mass is 419 g/mol. The van der Waals surface area contributed by atoms with E-state index < -0.39 is 29.4 Å². The summed E-state index contributed by atoms with van der Waals surface area (Å²) in [5, 5.41) is 6.09. The van der Waals surface area contributed by atoms with Crippen molar-refractivity contribution in [1.82, 2.24) is 10.1 Å². The van der Waals surface area contributed by atoms with Gasteiger partial charge in [-0.2, -0.15) is 0 Å². The number of aromatic nitrogens is 1. The number of anilines is 1. The highest BCUT2D eigenvalue weighted by atomic mass is 32.2. The molecule has 29 heavy (non-hydrogen) atoms. The van der Waals surface area contributed by atoms with Crippen molar-refractivity contribution < 1.29 is 28.0 Å². The van der Waals surface area contributed by atoms with Crippen molar-refractivity contribution in [3.05, 3.63) is 47.5 Å². The average molecular weight is 419 g/mol. The van der Waals surface area contributed by atoms with Crippen LogP contribution in [-0.2, 0) is 24.0 Å². The number of nitrogens with zero attached hydrogens (tertiary/aromatic N) is 2. The molecular weight excluding hydrogens is 401 g/mol. The fraction of sp³-hybridized carbons (Fsp3) is 0.368. The molecule has 0 spiro atoms. The van der Waals surface area contributed by atoms with Gasteiger partial charge >= 0.3 is 5.97 Å². The Bertz CT molecular complexity index is 963. The van der Waals surface area contributed by atoms with Crippen molar-refractivity contribution in [2.75, 3.05) is 17.7 Å². The molecule has 2 fully saturated rings. The highest BCUT2D eigenvalue weighted by Gasteiger charge is 2.57. The molecule has 4 rings (SSSR count). The molecule has 2 aliphatic heterocycles. The lowest BCUT2D eigenvalue weighted by Gasteiger charge is -2.33. The second-order valence-corrected chi connectivity index (χ2v) is 8.16. The van der Waals surface area contributed by atoms with Crippen molar-refractivity contribution >= 4 is 35.4 Å². The number of fused-ring (bicyclic) bond motifs is 1. The van der Waals surface area contributed by atoms with Crippen molar-refractivity contribution in [3.8, 4) is 0 Å². The van der Waals surface area contributed by atoms with Crippen LogP contribution in [0.3, 0.4) is 0 Å². The Morgan fingerprint density at radius 2 is 2.17 bits per heavy atom. The number of carbonyl (C=O) groups excluding carboxylic acids is 3. The normalized spacial score (nSPS) is 23.2. The largest absolute Gasteiger partial charge is 0.454 e. The maximum absolute atomic E-state index is 13.3. The van der Waals surface area contributed by atoms with Gasteiger partial charge in [0.1, 0.15) is 22.5 Å². The van der Waals surface area contributed by atoms with E-state index in [9.17, 15) is 18.8 Å². The van der Waals surface area contributed by atoms with E-state index in [1.165, 1.54) is 34.9 Å². The summed E-state index contributed by atoms with van der Waals surface area (Å²) in [5.41, 5.74) is 0.768. The highest BCUT2D eigenvalue weighted by molar-refractivity contribution is 8.00. The SMILES string of the molecule is Cc1cc(NC(=O)COC(=O)[C@H]2CS[C@]3(c4ccc(F)cc4)CCC(=O)N23)no1. The fourth-order valence-corrected chi connectivity index (χ4v) is 5.30. The Kier molecular flexibility index (Phi) is 5.03. The molecule has 2 saturated heterocycles. The number of nitrogens with one attached hydrogen (secondary N) is 1. The summed E-state index contributed by atoms with van der Waals surface area (Å²) in [4.78, 5) is 37.9. The third-order valence-electron chi connectivity index (χ3n) is 4.94. The highest BCUT2D eigenvalue weighted by Crippen LogP contribution is 2.54. The third-order valence-corrected chi connectivity index (χ3v) is 6.53. The van der Waals surface area contributed by atoms with Gasteiger partial charge in [-0.1, -0.05) is 17.3 Å². The van der Waals surface area contributed by atoms with E-state index in [4.69, 9.17) is 9.26 Å². The minimum Gasteiger partial charge on any atom is -0.454 e. The first-order chi connectivity index (χ1) is 13.9. The predicted octanol–water partition coefficient (Wildman–Crippen LogP) is 2.19. The molecule has 0 saturated carbocycles. The van der Waals surface area contributed by atoms with Crippen LogP contribution in [0.25, 0.3) is 0 Å². The van der Waals surface area contributed by atoms with Gasteiger partial charge in [0.05, 0.1) is 0 Å². The van der Waals surface area contributed by atoms with Crippen molar-refractivity contribution in [3.63, 3.8) is 0 Å². The van der Waals surface area contributed by atoms with Gasteiger partial charge in [0.25, 0.3) is 5.91 Å². The van der Waals surface area contributed by atoms with Crippen LogP contribution in [0, 0.1) is 12.7 Å². The smallest absolute Gasteiger partial charge is 0.330 e. The van der Waals surface area contributed by atoms with Gasteiger partial charge in [0.2, 0.25) is 5.91 Å². The molecular formula is C19H18FN3O5S. The maximum Gasteiger partial charge on any atom is 0.330 e. The summed E-state index contributed by atoms with van der Waals surface area (Å²) in [6.45, 7) is 1.18. The van der Waals surface area contributed by atoms with Crippen LogP contribution in [0.4, 0.5) is 10.2 Å². The maximum atomic E-state index is 13.3. The predicted molar refractivity (Wildman–Crippen MR) is 101 cm³/mol. The zero-order chi connectivity index (χ0) is 20.6. The Balaban J connectivity index is 1.43. The Morgan fingerprint density at radius 3 is 2.86 bits per heavy atom. The zero-order valence-electron chi connectivity index (χ0n) is 15.5. The molecule has 3 heterocycles. The molecule has 2 aromatic rings. The van der Waals surface area contributed by atoms with E-state index in [2.05, 4.69) is 10.5 Å². The number of rotatable bonds is 5. The quantitative estimate of drug-likeness (QED) is 0.741. The summed E-state index contributed by atoms with van der Waals surface area (Å²) < 4.78 is 23.3. The Morgan fingerprint density at radius 1 is 1.41 bits per heavy atom. The molecule has 2 aliphatic rings. The van der Waals surface area contributed by atoms with Crippen LogP contribution in [-0.4, -0.2) is 46.2 Å². The molecule has 8 nitrogen and oxygen atoms in total. The number of amides is 2. The minimum absolute atomic E-state index is 0.163. The number of hydrogen-bond acceptors (Lipinski definition) is 7. The first kappa shape index (κ1) is 19.4. The molecule has 1 aromatic carbocycles. The number of ether oxygens (including phenoxy) is 1. The summed E-state index contributed by atoms with van der Waals surface area (Å²) >= 11 is 1.46. The van der Waals surface area contributed by atoms with E-state index in [1.807, 2.05) is 0 Å². The number of thioether (sulfide) groups is 1. The van der Waals surface area contributed by atoms with Crippen LogP contribution >= 0.6 is 11.8 Å². The number of aryl methyl sites for hydroxylation is 1. The van der Waals surface area contributed by atoms with Crippen LogP contribution in [0.5, 0.6) is 0 Å². The number of esters is 1. The lowest BCUT2D eigenvalue weighted by molar-refractivity contribution is -0.155. The van der Waals surface area contributed by atoms with Crippen LogP contribution in [0.1, 0.15) is 24.2 Å². The van der Waals surface area contributed by atoms with Crippen LogP contribution in [0.15, 0.2) is 34.9 Å². The first-order valence-corrected chi connectivity index (χ1v) is 9.99. The topological polar surface area (TPSA) is 102 Å². The molecule has 0 bridgehead atoms. The van der Waals surface area contributed by atoms with E-state index in [0.29, 0.717) is 24.4 Å². The van der Waals surface area contributed by atoms with E-state index in [1.54, 1.807) is 19.1 Å². The molecule has 10 heteroatoms. The molecule has 0 radical (unpaired) electrons. The summed E-state index contributed by atoms with van der Waals surface area (Å²) in [6, 6.07) is 6.68. The van der Waals surface area contributed by atoms with Crippen molar-refractivity contribution in [2.24, 2.45) is 0 Å². The van der Waals surface area contributed by atoms with Gasteiger partial charge in [0, 0.05) is 18.2 Å². The minimum atomic E-state index is -0.804. The second-order valence-electron chi connectivity index (χ2n) is 6.86. The lowest BCUT2D eigenvalue weighted by Crippen LogP contribution is -2.47. The molecule has 2 amide bonds. The van der Waals surface area contributed by atoms with E-state index >= 15 is 0 Å². The number of hydrogen-bond donors (Lipinski definition) is 1. The van der Waals surface area contributed by atoms with Gasteiger partial charge < -0.3 is 19.5 Å². The van der Waals surface area contributed by atoms with Crippen molar-refractivity contribution in [1.29, 1.82) is 0 Å². The molecule has 0 aliphatic carbocycles. The molecule has 152 valence electrons. The molecule has 2 atom stereocenters. The fourth-order valence-electron chi connectivity index (χ4n) is 3.66. The summed E-state index contributed by atoms with van der Waals surface area (Å²) in [7, 11) is 0. The van der Waals surface area contributed by atoms with Crippen LogP contribution in [0.2, 0.25) is 0 Å². The van der Waals surface area contributed by atoms with Crippen LogP contribution < -0.4 is 5.32 Å². The molecule has 1 N–H and O–H groups in total. The lowest BCUT2D eigenvalue weighted by atomic mass is 10.0. The van der Waals surface area contributed by atoms with Gasteiger partial charge in [-0.25, -0.2) is 9.18 Å². The van der Waals surface area contributed by atoms with Gasteiger partial charge in [-0.3, -0.25) is 9.59 Å². The van der Waals surface area contributed by atoms with Gasteiger partial charge in [-0.05, 0) is 31.0 Å². The Hall–Kier alpha value is -2.88. The molecule has 1 aromatic heterocycles. The van der Waals surface area contributed by atoms with Gasteiger partial charge in [-0.15, -0.1) is 11.8 Å². The first-order valence-electron chi connectivity index (χ1n) is 9.01. The average Bonchev–Trinajstić information content (AvgIpc) is 3.37. The summed E-state index contributed by atoms with van der Waals surface area (Å²) in [5.74, 6) is -0.642. The zero-order valence-corrected chi connectivity index (χ0v) is 16.3. The molecule has 0 unspecified atom stereocenters.